The number of carbonyl (C=O) groups excluding carboxylic acids is 1. The van der Waals surface area contributed by atoms with E-state index in [1.54, 1.807) is 36.5 Å². The van der Waals surface area contributed by atoms with Gasteiger partial charge in [0.25, 0.3) is 5.56 Å². The molecule has 25 heavy (non-hydrogen) atoms. The molecule has 1 amide bonds. The van der Waals surface area contributed by atoms with Gasteiger partial charge >= 0.3 is 0 Å². The van der Waals surface area contributed by atoms with Crippen LogP contribution in [0.1, 0.15) is 0 Å². The van der Waals surface area contributed by atoms with Gasteiger partial charge in [-0.1, -0.05) is 0 Å². The first-order valence-corrected chi connectivity index (χ1v) is 7.44. The summed E-state index contributed by atoms with van der Waals surface area (Å²) in [6.45, 7) is -0.162. The van der Waals surface area contributed by atoms with Crippen LogP contribution in [0.2, 0.25) is 0 Å². The minimum atomic E-state index is -0.362. The van der Waals surface area contributed by atoms with Crippen molar-refractivity contribution in [1.29, 1.82) is 0 Å². The molecule has 8 nitrogen and oxygen atoms in total. The van der Waals surface area contributed by atoms with Gasteiger partial charge in [0.15, 0.2) is 17.1 Å². The molecular weight excluding hydrogens is 324 g/mol. The first-order chi connectivity index (χ1) is 12.1. The number of ether oxygens (including phenoxy) is 2. The Morgan fingerprint density at radius 1 is 1.16 bits per heavy atom. The molecule has 0 saturated carbocycles. The lowest BCUT2D eigenvalue weighted by Gasteiger charge is -2.11. The number of nitrogens with one attached hydrogen (secondary N) is 1. The maximum Gasteiger partial charge on any atom is 0.263 e. The highest BCUT2D eigenvalue weighted by Crippen LogP contribution is 2.29. The number of hydrogen-bond donors (Lipinski definition) is 1. The van der Waals surface area contributed by atoms with E-state index in [9.17, 15) is 9.59 Å². The van der Waals surface area contributed by atoms with Crippen LogP contribution in [0, 0.1) is 0 Å². The normalized spacial score (nSPS) is 10.5. The van der Waals surface area contributed by atoms with Crippen LogP contribution in [0.5, 0.6) is 11.5 Å². The summed E-state index contributed by atoms with van der Waals surface area (Å²) >= 11 is 0. The Balaban J connectivity index is 1.79. The van der Waals surface area contributed by atoms with Crippen molar-refractivity contribution in [3.8, 4) is 11.5 Å². The van der Waals surface area contributed by atoms with Crippen LogP contribution < -0.4 is 20.3 Å². The van der Waals surface area contributed by atoms with Crippen molar-refractivity contribution in [1.82, 2.24) is 14.5 Å². The van der Waals surface area contributed by atoms with E-state index >= 15 is 0 Å². The number of carbonyl (C=O) groups is 1. The van der Waals surface area contributed by atoms with Gasteiger partial charge in [0, 0.05) is 18.0 Å². The quantitative estimate of drug-likeness (QED) is 0.755. The number of rotatable bonds is 5. The third-order valence-electron chi connectivity index (χ3n) is 3.58. The largest absolute Gasteiger partial charge is 0.493 e. The van der Waals surface area contributed by atoms with Crippen molar-refractivity contribution in [2.45, 2.75) is 6.54 Å². The van der Waals surface area contributed by atoms with E-state index in [1.165, 1.54) is 25.1 Å². The molecule has 3 aromatic rings. The van der Waals surface area contributed by atoms with Crippen molar-refractivity contribution in [2.75, 3.05) is 19.5 Å². The SMILES string of the molecule is COc1ccc(NC(=O)Cn2cnc3ncccc3c2=O)cc1OC. The molecule has 2 heterocycles. The van der Waals surface area contributed by atoms with Gasteiger partial charge in [-0.2, -0.15) is 0 Å². The van der Waals surface area contributed by atoms with E-state index in [0.717, 1.165) is 0 Å². The van der Waals surface area contributed by atoms with Gasteiger partial charge in [-0.05, 0) is 24.3 Å². The Labute approximate surface area is 143 Å². The van der Waals surface area contributed by atoms with Crippen LogP contribution in [0.25, 0.3) is 11.0 Å². The second-order valence-corrected chi connectivity index (χ2v) is 5.17. The molecule has 1 aromatic carbocycles. The Kier molecular flexibility index (Phi) is 4.60. The molecule has 2 aromatic heterocycles. The van der Waals surface area contributed by atoms with Crippen LogP contribution in [-0.2, 0) is 11.3 Å². The van der Waals surface area contributed by atoms with E-state index in [0.29, 0.717) is 28.2 Å². The number of hydrogen-bond acceptors (Lipinski definition) is 6. The van der Waals surface area contributed by atoms with E-state index in [2.05, 4.69) is 15.3 Å². The Hall–Kier alpha value is -3.42. The molecule has 0 radical (unpaired) electrons. The summed E-state index contributed by atoms with van der Waals surface area (Å²) in [4.78, 5) is 32.7. The highest BCUT2D eigenvalue weighted by Gasteiger charge is 2.10. The van der Waals surface area contributed by atoms with Crippen LogP contribution in [0.3, 0.4) is 0 Å². The zero-order chi connectivity index (χ0) is 17.8. The summed E-state index contributed by atoms with van der Waals surface area (Å²) in [5.41, 5.74) is 0.565. The fourth-order valence-corrected chi connectivity index (χ4v) is 2.38. The predicted molar refractivity (Wildman–Crippen MR) is 92.0 cm³/mol. The molecule has 1 N–H and O–H groups in total. The summed E-state index contributed by atoms with van der Waals surface area (Å²) in [5.74, 6) is 0.693. The molecular formula is C17H16N4O4. The van der Waals surface area contributed by atoms with Crippen molar-refractivity contribution in [3.05, 3.63) is 53.2 Å². The van der Waals surface area contributed by atoms with Crippen LogP contribution in [-0.4, -0.2) is 34.7 Å². The van der Waals surface area contributed by atoms with Crippen molar-refractivity contribution in [3.63, 3.8) is 0 Å². The number of anilines is 1. The third-order valence-corrected chi connectivity index (χ3v) is 3.58. The molecule has 8 heteroatoms. The summed E-state index contributed by atoms with van der Waals surface area (Å²) in [6, 6.07) is 8.29. The molecule has 0 spiro atoms. The zero-order valence-corrected chi connectivity index (χ0v) is 13.7. The van der Waals surface area contributed by atoms with Crippen LogP contribution in [0.4, 0.5) is 5.69 Å². The molecule has 0 atom stereocenters. The van der Waals surface area contributed by atoms with E-state index in [4.69, 9.17) is 9.47 Å². The minimum Gasteiger partial charge on any atom is -0.493 e. The van der Waals surface area contributed by atoms with E-state index < -0.39 is 0 Å². The number of nitrogens with zero attached hydrogens (tertiary/aromatic N) is 3. The number of aromatic nitrogens is 3. The van der Waals surface area contributed by atoms with Crippen molar-refractivity contribution in [2.24, 2.45) is 0 Å². The summed E-state index contributed by atoms with van der Waals surface area (Å²) in [7, 11) is 3.04. The lowest BCUT2D eigenvalue weighted by molar-refractivity contribution is -0.116. The topological polar surface area (TPSA) is 95.3 Å². The average Bonchev–Trinajstić information content (AvgIpc) is 2.64. The highest BCUT2D eigenvalue weighted by atomic mass is 16.5. The monoisotopic (exact) mass is 340 g/mol. The zero-order valence-electron chi connectivity index (χ0n) is 13.7. The predicted octanol–water partition coefficient (Wildman–Crippen LogP) is 1.45. The summed E-state index contributed by atoms with van der Waals surface area (Å²) < 4.78 is 11.6. The third kappa shape index (κ3) is 3.42. The number of amides is 1. The molecule has 128 valence electrons. The smallest absolute Gasteiger partial charge is 0.263 e. The fourth-order valence-electron chi connectivity index (χ4n) is 2.38. The van der Waals surface area contributed by atoms with Crippen molar-refractivity contribution < 1.29 is 14.3 Å². The first-order valence-electron chi connectivity index (χ1n) is 7.44. The summed E-state index contributed by atoms with van der Waals surface area (Å²) in [6.07, 6.45) is 2.87. The summed E-state index contributed by atoms with van der Waals surface area (Å²) in [5, 5.41) is 3.08. The lowest BCUT2D eigenvalue weighted by atomic mass is 10.2. The molecule has 0 saturated heterocycles. The fraction of sp³-hybridized carbons (Fsp3) is 0.176. The van der Waals surface area contributed by atoms with Crippen LogP contribution >= 0.6 is 0 Å². The number of pyridine rings is 1. The number of fused-ring (bicyclic) bond motifs is 1. The van der Waals surface area contributed by atoms with E-state index in [-0.39, 0.29) is 18.0 Å². The van der Waals surface area contributed by atoms with E-state index in [1.807, 2.05) is 0 Å². The van der Waals surface area contributed by atoms with Gasteiger partial charge in [-0.3, -0.25) is 14.2 Å². The Morgan fingerprint density at radius 3 is 2.72 bits per heavy atom. The van der Waals surface area contributed by atoms with Gasteiger partial charge < -0.3 is 14.8 Å². The standard InChI is InChI=1S/C17H16N4O4/c1-24-13-6-5-11(8-14(13)25-2)20-15(22)9-21-10-19-16-12(17(21)23)4-3-7-18-16/h3-8,10H,9H2,1-2H3,(H,20,22). The van der Waals surface area contributed by atoms with Crippen molar-refractivity contribution >= 4 is 22.6 Å². The van der Waals surface area contributed by atoms with Gasteiger partial charge in [-0.15, -0.1) is 0 Å². The molecule has 0 fully saturated rings. The molecule has 3 rings (SSSR count). The van der Waals surface area contributed by atoms with Crippen LogP contribution in [0.15, 0.2) is 47.7 Å². The average molecular weight is 340 g/mol. The van der Waals surface area contributed by atoms with Gasteiger partial charge in [0.1, 0.15) is 12.9 Å². The molecule has 0 aliphatic rings. The second-order valence-electron chi connectivity index (χ2n) is 5.17. The first kappa shape index (κ1) is 16.4. The molecule has 0 aliphatic carbocycles. The number of methoxy groups -OCH3 is 2. The second kappa shape index (κ2) is 7.00. The minimum absolute atomic E-state index is 0.162. The maximum atomic E-state index is 12.4. The Bertz CT molecular complexity index is 984. The van der Waals surface area contributed by atoms with Gasteiger partial charge in [0.2, 0.25) is 5.91 Å². The molecule has 0 aliphatic heterocycles. The molecule has 0 bridgehead atoms. The molecule has 0 unspecified atom stereocenters. The van der Waals surface area contributed by atoms with Gasteiger partial charge in [0.05, 0.1) is 19.6 Å². The Morgan fingerprint density at radius 2 is 1.96 bits per heavy atom. The highest BCUT2D eigenvalue weighted by molar-refractivity contribution is 5.91. The number of benzene rings is 1. The lowest BCUT2D eigenvalue weighted by Crippen LogP contribution is -2.28. The maximum absolute atomic E-state index is 12.4. The van der Waals surface area contributed by atoms with Gasteiger partial charge in [-0.25, -0.2) is 9.97 Å².